The molecular formula is C21H20F3N3O3S. The third-order valence-corrected chi connectivity index (χ3v) is 6.07. The van der Waals surface area contributed by atoms with E-state index in [4.69, 9.17) is 0 Å². The summed E-state index contributed by atoms with van der Waals surface area (Å²) in [5.41, 5.74) is 2.09. The second-order valence-electron chi connectivity index (χ2n) is 7.76. The lowest BCUT2D eigenvalue weighted by Gasteiger charge is -2.36. The molecule has 10 heteroatoms. The molecule has 3 N–H and O–H groups in total. The molecule has 0 unspecified atom stereocenters. The smallest absolute Gasteiger partial charge is 0.235 e. The number of aromatic amines is 1. The lowest BCUT2D eigenvalue weighted by atomic mass is 9.74. The molecule has 1 saturated carbocycles. The number of carbonyl (C=O) groups is 1. The van der Waals surface area contributed by atoms with E-state index in [0.29, 0.717) is 35.0 Å². The van der Waals surface area contributed by atoms with Crippen molar-refractivity contribution in [1.29, 1.82) is 0 Å². The van der Waals surface area contributed by atoms with Crippen molar-refractivity contribution in [2.45, 2.75) is 24.8 Å². The Morgan fingerprint density at radius 2 is 1.77 bits per heavy atom. The van der Waals surface area contributed by atoms with Crippen LogP contribution in [0.25, 0.3) is 22.2 Å². The topological polar surface area (TPSA) is 91.1 Å². The van der Waals surface area contributed by atoms with Gasteiger partial charge >= 0.3 is 0 Å². The predicted octanol–water partition coefficient (Wildman–Crippen LogP) is 3.16. The van der Waals surface area contributed by atoms with Crippen molar-refractivity contribution in [2.24, 2.45) is 0 Å². The molecule has 0 radical (unpaired) electrons. The normalized spacial score (nSPS) is 18.7. The van der Waals surface area contributed by atoms with Crippen LogP contribution in [0.1, 0.15) is 24.3 Å². The number of fused-ring (bicyclic) bond motifs is 1. The Kier molecular flexibility index (Phi) is 5.52. The number of hydrogen-bond acceptors (Lipinski definition) is 3. The highest BCUT2D eigenvalue weighted by Crippen LogP contribution is 2.45. The molecule has 0 saturated heterocycles. The van der Waals surface area contributed by atoms with Gasteiger partial charge in [-0.1, -0.05) is 0 Å². The Hall–Kier alpha value is -2.85. The van der Waals surface area contributed by atoms with Crippen LogP contribution in [-0.2, 0) is 14.8 Å². The maximum Gasteiger partial charge on any atom is 0.235 e. The quantitative estimate of drug-likeness (QED) is 0.538. The highest BCUT2D eigenvalue weighted by Gasteiger charge is 2.35. The minimum Gasteiger partial charge on any atom is -0.352 e. The summed E-state index contributed by atoms with van der Waals surface area (Å²) in [6, 6.07) is 7.58. The zero-order valence-corrected chi connectivity index (χ0v) is 17.3. The fraction of sp³-hybridized carbons (Fsp3) is 0.286. The molecule has 0 bridgehead atoms. The maximum atomic E-state index is 14.4. The number of halogens is 3. The van der Waals surface area contributed by atoms with Crippen LogP contribution in [0.4, 0.5) is 13.2 Å². The number of amides is 1. The van der Waals surface area contributed by atoms with Crippen molar-refractivity contribution in [3.63, 3.8) is 0 Å². The number of carbonyl (C=O) groups excluding carboxylic acids is 1. The van der Waals surface area contributed by atoms with Crippen molar-refractivity contribution >= 4 is 26.8 Å². The summed E-state index contributed by atoms with van der Waals surface area (Å²) >= 11 is 0. The number of benzene rings is 2. The summed E-state index contributed by atoms with van der Waals surface area (Å²) in [7, 11) is -3.47. The van der Waals surface area contributed by atoms with Crippen molar-refractivity contribution in [3.8, 4) is 11.3 Å². The van der Waals surface area contributed by atoms with Crippen LogP contribution in [-0.4, -0.2) is 38.2 Å². The first kappa shape index (κ1) is 21.4. The largest absolute Gasteiger partial charge is 0.352 e. The number of aromatic nitrogens is 1. The van der Waals surface area contributed by atoms with Gasteiger partial charge in [-0.3, -0.25) is 4.79 Å². The van der Waals surface area contributed by atoms with Crippen molar-refractivity contribution in [3.05, 3.63) is 59.4 Å². The molecule has 6 nitrogen and oxygen atoms in total. The van der Waals surface area contributed by atoms with Crippen LogP contribution < -0.4 is 10.0 Å². The van der Waals surface area contributed by atoms with Gasteiger partial charge in [-0.25, -0.2) is 26.3 Å². The molecular weight excluding hydrogens is 431 g/mol. The van der Waals surface area contributed by atoms with Crippen LogP contribution in [0.3, 0.4) is 0 Å². The van der Waals surface area contributed by atoms with Crippen LogP contribution >= 0.6 is 0 Å². The van der Waals surface area contributed by atoms with Gasteiger partial charge in [0.25, 0.3) is 0 Å². The number of sulfonamides is 1. The molecule has 1 fully saturated rings. The van der Waals surface area contributed by atoms with Crippen LogP contribution in [0.5, 0.6) is 0 Å². The second kappa shape index (κ2) is 8.01. The molecule has 2 aromatic carbocycles. The van der Waals surface area contributed by atoms with Gasteiger partial charge in [-0.2, -0.15) is 0 Å². The molecule has 164 valence electrons. The van der Waals surface area contributed by atoms with Crippen LogP contribution in [0.2, 0.25) is 0 Å². The molecule has 0 atom stereocenters. The fourth-order valence-electron chi connectivity index (χ4n) is 3.96. The standard InChI is InChI=1S/C21H20F3N3O3S/c1-31(29,30)25-10-18(28)26-15-6-12(7-15)19-16-8-14(23)9-17(24)21(16)27-20(19)11-2-4-13(22)5-3-11/h2-5,8-9,12,15,25,27H,6-7,10H2,1H3,(H,26,28)/t12-,15-. The van der Waals surface area contributed by atoms with E-state index in [1.807, 2.05) is 0 Å². The summed E-state index contributed by atoms with van der Waals surface area (Å²) in [6.07, 6.45) is 2.00. The lowest BCUT2D eigenvalue weighted by Crippen LogP contribution is -2.47. The van der Waals surface area contributed by atoms with Crippen molar-refractivity contribution in [2.75, 3.05) is 12.8 Å². The molecule has 0 aliphatic heterocycles. The lowest BCUT2D eigenvalue weighted by molar-refractivity contribution is -0.121. The Morgan fingerprint density at radius 3 is 2.42 bits per heavy atom. The Balaban J connectivity index is 1.59. The third-order valence-electron chi connectivity index (χ3n) is 5.40. The first-order valence-corrected chi connectivity index (χ1v) is 11.5. The average Bonchev–Trinajstić information content (AvgIpc) is 3.02. The SMILES string of the molecule is CS(=O)(=O)NCC(=O)N[C@H]1C[C@H](c2c(-c3ccc(F)cc3)[nH]c3c(F)cc(F)cc32)C1. The Morgan fingerprint density at radius 1 is 1.10 bits per heavy atom. The van der Waals surface area contributed by atoms with Gasteiger partial charge in [0.1, 0.15) is 17.5 Å². The van der Waals surface area contributed by atoms with E-state index >= 15 is 0 Å². The van der Waals surface area contributed by atoms with Gasteiger partial charge < -0.3 is 10.3 Å². The molecule has 1 aliphatic rings. The van der Waals surface area contributed by atoms with Crippen molar-refractivity contribution in [1.82, 2.24) is 15.0 Å². The Labute approximate surface area is 176 Å². The van der Waals surface area contributed by atoms with Crippen molar-refractivity contribution < 1.29 is 26.4 Å². The number of nitrogens with one attached hydrogen (secondary N) is 3. The number of hydrogen-bond donors (Lipinski definition) is 3. The fourth-order valence-corrected chi connectivity index (χ4v) is 4.35. The van der Waals surface area contributed by atoms with Crippen LogP contribution in [0.15, 0.2) is 36.4 Å². The average molecular weight is 451 g/mol. The molecule has 31 heavy (non-hydrogen) atoms. The molecule has 1 aliphatic carbocycles. The predicted molar refractivity (Wildman–Crippen MR) is 110 cm³/mol. The van der Waals surface area contributed by atoms with E-state index in [-0.39, 0.29) is 24.0 Å². The summed E-state index contributed by atoms with van der Waals surface area (Å²) < 4.78 is 66.0. The first-order valence-electron chi connectivity index (χ1n) is 9.61. The van der Waals surface area contributed by atoms with Gasteiger partial charge in [-0.05, 0) is 60.2 Å². The van der Waals surface area contributed by atoms with Gasteiger partial charge in [0.15, 0.2) is 0 Å². The minimum atomic E-state index is -3.47. The highest BCUT2D eigenvalue weighted by atomic mass is 32.2. The maximum absolute atomic E-state index is 14.4. The monoisotopic (exact) mass is 451 g/mol. The summed E-state index contributed by atoms with van der Waals surface area (Å²) in [4.78, 5) is 14.9. The summed E-state index contributed by atoms with van der Waals surface area (Å²) in [6.45, 7) is -0.357. The molecule has 4 rings (SSSR count). The summed E-state index contributed by atoms with van der Waals surface area (Å²) in [5, 5.41) is 3.15. The molecule has 3 aromatic rings. The second-order valence-corrected chi connectivity index (χ2v) is 9.59. The van der Waals surface area contributed by atoms with Gasteiger partial charge in [-0.15, -0.1) is 0 Å². The minimum absolute atomic E-state index is 0.0943. The van der Waals surface area contributed by atoms with E-state index in [1.165, 1.54) is 18.2 Å². The van der Waals surface area contributed by atoms with E-state index < -0.39 is 33.4 Å². The van der Waals surface area contributed by atoms with Gasteiger partial charge in [0.05, 0.1) is 24.0 Å². The number of rotatable bonds is 6. The highest BCUT2D eigenvalue weighted by molar-refractivity contribution is 7.88. The molecule has 1 heterocycles. The van der Waals surface area contributed by atoms with E-state index in [1.54, 1.807) is 12.1 Å². The van der Waals surface area contributed by atoms with Crippen LogP contribution in [0, 0.1) is 17.5 Å². The van der Waals surface area contributed by atoms with E-state index in [2.05, 4.69) is 15.0 Å². The zero-order valence-electron chi connectivity index (χ0n) is 16.5. The molecule has 0 spiro atoms. The Bertz CT molecular complexity index is 1250. The zero-order chi connectivity index (χ0) is 22.3. The molecule has 1 aromatic heterocycles. The molecule has 1 amide bonds. The third kappa shape index (κ3) is 4.59. The van der Waals surface area contributed by atoms with Gasteiger partial charge in [0, 0.05) is 17.5 Å². The first-order chi connectivity index (χ1) is 14.6. The van der Waals surface area contributed by atoms with E-state index in [9.17, 15) is 26.4 Å². The number of H-pyrrole nitrogens is 1. The summed E-state index contributed by atoms with van der Waals surface area (Å²) in [5.74, 6) is -2.38. The van der Waals surface area contributed by atoms with Gasteiger partial charge in [0.2, 0.25) is 15.9 Å². The van der Waals surface area contributed by atoms with E-state index in [0.717, 1.165) is 12.3 Å².